The number of benzene rings is 7. The summed E-state index contributed by atoms with van der Waals surface area (Å²) >= 11 is 0. The van der Waals surface area contributed by atoms with E-state index in [-0.39, 0.29) is 0 Å². The monoisotopic (exact) mass is 712 g/mol. The molecule has 0 unspecified atom stereocenters. The SMILES string of the molecule is [C-]#[N+]c1ccc(-c2ccc3c4ccccc4n(-c4cc([N+]#[C-])c(-c5ccncc5)cc4-n4c5ccccc5c5ccc(-c6ccc(C#N)cc6)cc54)c3c2)cc1. The van der Waals surface area contributed by atoms with E-state index in [9.17, 15) is 5.26 Å². The van der Waals surface area contributed by atoms with Gasteiger partial charge in [0.25, 0.3) is 0 Å². The van der Waals surface area contributed by atoms with E-state index in [1.165, 1.54) is 0 Å². The van der Waals surface area contributed by atoms with Crippen LogP contribution >= 0.6 is 0 Å². The second kappa shape index (κ2) is 13.0. The van der Waals surface area contributed by atoms with Crippen LogP contribution in [-0.2, 0) is 0 Å². The highest BCUT2D eigenvalue weighted by atomic mass is 15.1. The summed E-state index contributed by atoms with van der Waals surface area (Å²) in [5, 5.41) is 13.9. The Morgan fingerprint density at radius 3 is 1.50 bits per heavy atom. The van der Waals surface area contributed by atoms with Gasteiger partial charge in [-0.25, -0.2) is 9.69 Å². The van der Waals surface area contributed by atoms with Crippen molar-refractivity contribution < 1.29 is 0 Å². The molecular weight excluding hydrogens is 685 g/mol. The molecule has 56 heavy (non-hydrogen) atoms. The number of nitrogens with zero attached hydrogens (tertiary/aromatic N) is 6. The highest BCUT2D eigenvalue weighted by Gasteiger charge is 2.23. The zero-order chi connectivity index (χ0) is 37.8. The summed E-state index contributed by atoms with van der Waals surface area (Å²) in [6.45, 7) is 15.9. The molecule has 0 spiro atoms. The summed E-state index contributed by atoms with van der Waals surface area (Å²) < 4.78 is 4.63. The van der Waals surface area contributed by atoms with Crippen LogP contribution in [0.25, 0.3) is 98.1 Å². The molecule has 0 saturated carbocycles. The van der Waals surface area contributed by atoms with Gasteiger partial charge in [-0.05, 0) is 94.0 Å². The molecule has 6 heteroatoms. The third-order valence-electron chi connectivity index (χ3n) is 10.7. The van der Waals surface area contributed by atoms with Gasteiger partial charge in [0.1, 0.15) is 0 Å². The molecule has 0 saturated heterocycles. The van der Waals surface area contributed by atoms with Crippen molar-refractivity contribution in [3.63, 3.8) is 0 Å². The van der Waals surface area contributed by atoms with Crippen LogP contribution in [0.4, 0.5) is 11.4 Å². The van der Waals surface area contributed by atoms with Crippen molar-refractivity contribution in [1.82, 2.24) is 14.1 Å². The minimum atomic E-state index is 0.533. The van der Waals surface area contributed by atoms with Crippen LogP contribution in [0, 0.1) is 24.5 Å². The highest BCUT2D eigenvalue weighted by Crippen LogP contribution is 2.44. The molecule has 10 aromatic rings. The number of rotatable bonds is 5. The van der Waals surface area contributed by atoms with E-state index in [0.717, 1.165) is 88.4 Å². The molecule has 3 heterocycles. The molecule has 0 radical (unpaired) electrons. The Morgan fingerprint density at radius 2 is 0.964 bits per heavy atom. The number of para-hydroxylation sites is 2. The van der Waals surface area contributed by atoms with Gasteiger partial charge >= 0.3 is 0 Å². The number of hydrogen-bond acceptors (Lipinski definition) is 2. The predicted octanol–water partition coefficient (Wildman–Crippen LogP) is 13.3. The molecule has 258 valence electrons. The van der Waals surface area contributed by atoms with Gasteiger partial charge in [0, 0.05) is 33.9 Å². The summed E-state index contributed by atoms with van der Waals surface area (Å²) in [7, 11) is 0. The Labute approximate surface area is 322 Å². The fourth-order valence-corrected chi connectivity index (χ4v) is 8.06. The highest BCUT2D eigenvalue weighted by molar-refractivity contribution is 6.13. The van der Waals surface area contributed by atoms with Crippen LogP contribution < -0.4 is 0 Å². The number of fused-ring (bicyclic) bond motifs is 6. The minimum Gasteiger partial charge on any atom is -0.308 e. The van der Waals surface area contributed by atoms with Crippen molar-refractivity contribution in [2.45, 2.75) is 0 Å². The molecular formula is C50H28N6. The second-order valence-electron chi connectivity index (χ2n) is 13.7. The van der Waals surface area contributed by atoms with Gasteiger partial charge in [-0.3, -0.25) is 4.98 Å². The van der Waals surface area contributed by atoms with Gasteiger partial charge < -0.3 is 9.13 Å². The lowest BCUT2D eigenvalue weighted by Crippen LogP contribution is -2.04. The molecule has 0 aliphatic rings. The molecule has 0 atom stereocenters. The Hall–Kier alpha value is -8.24. The Bertz CT molecular complexity index is 3310. The standard InChI is InChI=1S/C50H28N6/c1-52-38-19-15-34(16-20-38)37-18-22-42-40-8-4-6-10-46(40)56(48(42)28-37)50-30-44(53-2)43(35-23-25-54-26-24-35)29-49(50)55-45-9-5-3-7-39(45)41-21-17-36(27-47(41)55)33-13-11-32(31-51)12-14-33/h3-30H. The lowest BCUT2D eigenvalue weighted by atomic mass is 10.0. The maximum Gasteiger partial charge on any atom is 0.197 e. The largest absolute Gasteiger partial charge is 0.308 e. The van der Waals surface area contributed by atoms with Crippen molar-refractivity contribution >= 4 is 55.0 Å². The molecule has 6 nitrogen and oxygen atoms in total. The minimum absolute atomic E-state index is 0.533. The van der Waals surface area contributed by atoms with Crippen LogP contribution in [0.1, 0.15) is 5.56 Å². The third kappa shape index (κ3) is 5.12. The van der Waals surface area contributed by atoms with Gasteiger partial charge in [0.2, 0.25) is 0 Å². The Morgan fingerprint density at radius 1 is 0.464 bits per heavy atom. The first kappa shape index (κ1) is 32.4. The van der Waals surface area contributed by atoms with Crippen molar-refractivity contribution in [3.8, 4) is 50.8 Å². The van der Waals surface area contributed by atoms with Crippen molar-refractivity contribution in [3.05, 3.63) is 199 Å². The van der Waals surface area contributed by atoms with Crippen molar-refractivity contribution in [2.75, 3.05) is 0 Å². The van der Waals surface area contributed by atoms with Crippen LogP contribution in [0.15, 0.2) is 170 Å². The van der Waals surface area contributed by atoms with E-state index in [4.69, 9.17) is 13.1 Å². The molecule has 0 N–H and O–H groups in total. The first-order valence-electron chi connectivity index (χ1n) is 18.1. The summed E-state index contributed by atoms with van der Waals surface area (Å²) in [6.07, 6.45) is 3.53. The predicted molar refractivity (Wildman–Crippen MR) is 226 cm³/mol. The second-order valence-corrected chi connectivity index (χ2v) is 13.7. The topological polar surface area (TPSA) is 55.3 Å². The number of pyridine rings is 1. The van der Waals surface area contributed by atoms with Gasteiger partial charge in [-0.15, -0.1) is 0 Å². The first-order valence-corrected chi connectivity index (χ1v) is 18.1. The molecule has 0 bridgehead atoms. The van der Waals surface area contributed by atoms with E-state index in [1.807, 2.05) is 66.7 Å². The van der Waals surface area contributed by atoms with E-state index >= 15 is 0 Å². The number of aromatic nitrogens is 3. The summed E-state index contributed by atoms with van der Waals surface area (Å²) in [5.41, 5.74) is 13.4. The quantitative estimate of drug-likeness (QED) is 0.167. The maximum atomic E-state index is 9.47. The average molecular weight is 713 g/mol. The van der Waals surface area contributed by atoms with E-state index < -0.39 is 0 Å². The summed E-state index contributed by atoms with van der Waals surface area (Å²) in [6, 6.07) is 55.7. The molecule has 3 aromatic heterocycles. The van der Waals surface area contributed by atoms with Crippen molar-refractivity contribution in [2.24, 2.45) is 0 Å². The average Bonchev–Trinajstić information content (AvgIpc) is 3.78. The normalized spacial score (nSPS) is 11.2. The molecule has 0 amide bonds. The van der Waals surface area contributed by atoms with E-state index in [2.05, 4.69) is 121 Å². The molecule has 10 rings (SSSR count). The lowest BCUT2D eigenvalue weighted by Gasteiger charge is -2.20. The zero-order valence-electron chi connectivity index (χ0n) is 29.8. The lowest BCUT2D eigenvalue weighted by molar-refractivity contribution is 1.10. The van der Waals surface area contributed by atoms with Crippen LogP contribution in [-0.4, -0.2) is 14.1 Å². The fraction of sp³-hybridized carbons (Fsp3) is 0. The summed E-state index contributed by atoms with van der Waals surface area (Å²) in [5.74, 6) is 0. The van der Waals surface area contributed by atoms with Gasteiger partial charge in [-0.1, -0.05) is 97.1 Å². The molecule has 7 aromatic carbocycles. The first-order chi connectivity index (χ1) is 27.6. The molecule has 0 aliphatic carbocycles. The van der Waals surface area contributed by atoms with Crippen LogP contribution in [0.3, 0.4) is 0 Å². The van der Waals surface area contributed by atoms with Gasteiger partial charge in [0.15, 0.2) is 11.4 Å². The maximum absolute atomic E-state index is 9.47. The number of nitriles is 1. The van der Waals surface area contributed by atoms with Gasteiger partial charge in [-0.2, -0.15) is 5.26 Å². The summed E-state index contributed by atoms with van der Waals surface area (Å²) in [4.78, 5) is 12.0. The van der Waals surface area contributed by atoms with Crippen LogP contribution in [0.2, 0.25) is 0 Å². The Kier molecular flexibility index (Phi) is 7.53. The van der Waals surface area contributed by atoms with E-state index in [1.54, 1.807) is 12.4 Å². The Balaban J connectivity index is 1.33. The smallest absolute Gasteiger partial charge is 0.197 e. The van der Waals surface area contributed by atoms with E-state index in [0.29, 0.717) is 16.9 Å². The number of hydrogen-bond donors (Lipinski definition) is 0. The third-order valence-corrected chi connectivity index (χ3v) is 10.7. The zero-order valence-corrected chi connectivity index (χ0v) is 29.8. The molecule has 0 aliphatic heterocycles. The van der Waals surface area contributed by atoms with Crippen LogP contribution in [0.5, 0.6) is 0 Å². The van der Waals surface area contributed by atoms with Crippen molar-refractivity contribution in [1.29, 1.82) is 5.26 Å². The van der Waals surface area contributed by atoms with Gasteiger partial charge in [0.05, 0.1) is 58.2 Å². The molecule has 0 fully saturated rings. The fourth-order valence-electron chi connectivity index (χ4n) is 8.06.